The van der Waals surface area contributed by atoms with Crippen molar-refractivity contribution in [2.45, 2.75) is 65.0 Å². The molecule has 1 unspecified atom stereocenters. The van der Waals surface area contributed by atoms with Gasteiger partial charge in [-0.1, -0.05) is 0 Å². The summed E-state index contributed by atoms with van der Waals surface area (Å²) in [6, 6.07) is 0.226. The predicted octanol–water partition coefficient (Wildman–Crippen LogP) is 5.99. The van der Waals surface area contributed by atoms with Gasteiger partial charge in [-0.05, 0) is 5.38 Å². The Hall–Kier alpha value is -2.13. The van der Waals surface area contributed by atoms with Crippen LogP contribution in [0.1, 0.15) is 52.1 Å². The fraction of sp³-hybridized carbons (Fsp3) is 0.594. The van der Waals surface area contributed by atoms with Crippen LogP contribution in [0.15, 0.2) is 22.9 Å². The van der Waals surface area contributed by atoms with Gasteiger partial charge in [-0.25, -0.2) is 4.79 Å². The van der Waals surface area contributed by atoms with Crippen molar-refractivity contribution < 1.29 is 31.9 Å². The van der Waals surface area contributed by atoms with Crippen LogP contribution in [-0.4, -0.2) is 96.8 Å². The number of amides is 5. The minimum absolute atomic E-state index is 0.0669. The summed E-state index contributed by atoms with van der Waals surface area (Å²) in [5.41, 5.74) is 5.54. The topological polar surface area (TPSA) is 123 Å². The Labute approximate surface area is 307 Å². The van der Waals surface area contributed by atoms with E-state index < -0.39 is 53.5 Å². The zero-order chi connectivity index (χ0) is 34.9. The minimum atomic E-state index is -4.83. The van der Waals surface area contributed by atoms with E-state index in [1.54, 1.807) is 14.7 Å². The van der Waals surface area contributed by atoms with Crippen molar-refractivity contribution in [2.75, 3.05) is 59.2 Å². The molecule has 17 heteroatoms. The van der Waals surface area contributed by atoms with Gasteiger partial charge in [0.2, 0.25) is 0 Å². The molecular formula is C32H41F4I2N7O3S. The van der Waals surface area contributed by atoms with Crippen LogP contribution in [0.2, 0.25) is 0 Å². The summed E-state index contributed by atoms with van der Waals surface area (Å²) in [7, 11) is 0. The van der Waals surface area contributed by atoms with Gasteiger partial charge < -0.3 is 5.32 Å². The van der Waals surface area contributed by atoms with E-state index in [2.05, 4.69) is 16.0 Å². The number of carbonyl (C=O) groups excluding carboxylic acids is 3. The number of alkyl halides is 8. The number of anilines is 2. The third-order valence-corrected chi connectivity index (χ3v) is 18.8. The van der Waals surface area contributed by atoms with Gasteiger partial charge in [-0.3, -0.25) is 0 Å². The Morgan fingerprint density at radius 3 is 2.41 bits per heavy atom. The van der Waals surface area contributed by atoms with E-state index in [-0.39, 0.29) is 35.5 Å². The first-order valence-corrected chi connectivity index (χ1v) is 22.9. The number of rotatable bonds is 7. The Kier molecular flexibility index (Phi) is 11.7. The van der Waals surface area contributed by atoms with Gasteiger partial charge in [0.1, 0.15) is 0 Å². The van der Waals surface area contributed by atoms with Crippen molar-refractivity contribution in [2.24, 2.45) is 0 Å². The fourth-order valence-electron chi connectivity index (χ4n) is 7.09. The second-order valence-electron chi connectivity index (χ2n) is 12.9. The van der Waals surface area contributed by atoms with Crippen molar-refractivity contribution >= 4 is 83.1 Å². The average molecular weight is 934 g/mol. The number of hydrogen-bond acceptors (Lipinski definition) is 6. The van der Waals surface area contributed by atoms with Gasteiger partial charge >= 0.3 is 260 Å². The molecule has 3 saturated heterocycles. The molecule has 0 radical (unpaired) electrons. The van der Waals surface area contributed by atoms with E-state index >= 15 is 0 Å². The van der Waals surface area contributed by atoms with Crippen molar-refractivity contribution in [3.63, 3.8) is 0 Å². The van der Waals surface area contributed by atoms with Crippen LogP contribution < -0.4 is 21.7 Å². The molecule has 10 nitrogen and oxygen atoms in total. The van der Waals surface area contributed by atoms with Gasteiger partial charge in [0.25, 0.3) is 0 Å². The summed E-state index contributed by atoms with van der Waals surface area (Å²) in [5, 5.41) is 13.1. The van der Waals surface area contributed by atoms with E-state index in [0.717, 1.165) is 43.2 Å². The molecule has 270 valence electrons. The molecule has 5 N–H and O–H groups in total. The summed E-state index contributed by atoms with van der Waals surface area (Å²) in [6.45, 7) is 4.35. The fourth-order valence-corrected chi connectivity index (χ4v) is 15.5. The second kappa shape index (κ2) is 15.6. The van der Waals surface area contributed by atoms with Crippen LogP contribution in [0.4, 0.5) is 38.5 Å². The monoisotopic (exact) mass is 933 g/mol. The molecule has 2 atom stereocenters. The molecule has 0 spiro atoms. The van der Waals surface area contributed by atoms with Crippen LogP contribution in [0.3, 0.4) is 0 Å². The van der Waals surface area contributed by atoms with Gasteiger partial charge in [-0.15, -0.1) is 11.3 Å². The number of hydrogen-bond donors (Lipinski definition) is 4. The molecule has 49 heavy (non-hydrogen) atoms. The molecule has 4 aliphatic rings. The molecule has 3 fully saturated rings. The number of likely N-dealkylation sites (tertiary alicyclic amines) is 1. The Bertz CT molecular complexity index is 1520. The zero-order valence-electron chi connectivity index (χ0n) is 26.8. The number of piperidine rings is 2. The second-order valence-corrected chi connectivity index (χ2v) is 21.5. The summed E-state index contributed by atoms with van der Waals surface area (Å²) >= 11 is 1.63. The van der Waals surface area contributed by atoms with Gasteiger partial charge in [0.05, 0.1) is 12.2 Å². The molecule has 1 aromatic heterocycles. The summed E-state index contributed by atoms with van der Waals surface area (Å²) in [4.78, 5) is 45.6. The number of benzene rings is 1. The third-order valence-electron chi connectivity index (χ3n) is 9.84. The standard InChI is InChI=1S/C32H41F4I2N7O3S/c33-28(37)23-13-19(14-24(27(23)39)32(34,35)36)15-25(29(46)43-11-5-38(6-12-43)21-1-7-40-8-2-21)41-30(47)44-9-3-22(4-10-44)45-16-20-17-49-18-26(20)42-31(45)48/h13-14,17-18,21-22,25,28,40H,1-12,15-16,39H2,(H,41,47)(H,42,48)/t25-,28?/m1/s1. The third kappa shape index (κ3) is 8.51. The van der Waals surface area contributed by atoms with Crippen LogP contribution in [0.25, 0.3) is 0 Å². The molecule has 0 saturated carbocycles. The summed E-state index contributed by atoms with van der Waals surface area (Å²) in [6.07, 6.45) is -1.66. The summed E-state index contributed by atoms with van der Waals surface area (Å²) in [5.74, 6) is -0.348. The maximum atomic E-state index is 14.5. The van der Waals surface area contributed by atoms with Crippen molar-refractivity contribution in [3.05, 3.63) is 45.1 Å². The molecule has 5 amide bonds. The zero-order valence-corrected chi connectivity index (χ0v) is 32.0. The van der Waals surface area contributed by atoms with Crippen molar-refractivity contribution in [1.29, 1.82) is 0 Å². The first kappa shape index (κ1) is 36.7. The number of halogens is 6. The molecule has 6 rings (SSSR count). The Morgan fingerprint density at radius 2 is 1.76 bits per heavy atom. The number of nitrogens with two attached hydrogens (primary N) is 1. The number of urea groups is 2. The number of carbonyl (C=O) groups is 3. The first-order chi connectivity index (χ1) is 23.4. The number of nitrogen functional groups attached to an aromatic ring is 1. The normalized spacial score (nSPS) is 21.6. The molecule has 0 bridgehead atoms. The Balaban J connectivity index is 1.16. The molecule has 0 aliphatic carbocycles. The SMILES string of the molecule is Nc1c(C(F)I)cc(C[C@@H](NC(=O)N2CCC(N3Cc4cscc4NC3=O)CC2)C(=O)N2CCI(C3CCNCC3)CC2)cc1C(F)(F)F. The van der Waals surface area contributed by atoms with Crippen LogP contribution in [0, 0.1) is 0 Å². The van der Waals surface area contributed by atoms with E-state index in [4.69, 9.17) is 5.73 Å². The van der Waals surface area contributed by atoms with E-state index in [9.17, 15) is 31.9 Å². The van der Waals surface area contributed by atoms with E-state index in [1.807, 2.05) is 10.8 Å². The van der Waals surface area contributed by atoms with Crippen LogP contribution >= 0.6 is 53.7 Å². The molecule has 2 aromatic rings. The maximum absolute atomic E-state index is 14.5. The van der Waals surface area contributed by atoms with Crippen LogP contribution in [-0.2, 0) is 23.9 Å². The van der Waals surface area contributed by atoms with Gasteiger partial charge in [0.15, 0.2) is 0 Å². The predicted molar refractivity (Wildman–Crippen MR) is 199 cm³/mol. The molecule has 4 aliphatic heterocycles. The molecular weight excluding hydrogens is 892 g/mol. The number of fused-ring (bicyclic) bond motifs is 1. The van der Waals surface area contributed by atoms with Crippen molar-refractivity contribution in [3.8, 4) is 0 Å². The number of nitrogens with zero attached hydrogens (tertiary/aromatic N) is 3. The van der Waals surface area contributed by atoms with E-state index in [0.29, 0.717) is 45.6 Å². The first-order valence-electron chi connectivity index (χ1n) is 16.4. The summed E-state index contributed by atoms with van der Waals surface area (Å²) < 4.78 is 57.3. The van der Waals surface area contributed by atoms with Gasteiger partial charge in [-0.2, -0.15) is 0 Å². The average Bonchev–Trinajstić information content (AvgIpc) is 3.55. The quantitative estimate of drug-likeness (QED) is 0.118. The Morgan fingerprint density at radius 1 is 1.06 bits per heavy atom. The molecule has 1 aromatic carbocycles. The van der Waals surface area contributed by atoms with Crippen molar-refractivity contribution in [1.82, 2.24) is 25.3 Å². The van der Waals surface area contributed by atoms with Gasteiger partial charge in [0, 0.05) is 10.9 Å². The number of thiophene rings is 1. The molecule has 5 heterocycles. The van der Waals surface area contributed by atoms with Crippen LogP contribution in [0.5, 0.6) is 0 Å². The van der Waals surface area contributed by atoms with E-state index in [1.165, 1.54) is 52.8 Å². The number of nitrogens with one attached hydrogen (secondary N) is 3.